The molecule has 0 aliphatic carbocycles. The van der Waals surface area contributed by atoms with E-state index in [1.165, 1.54) is 0 Å². The summed E-state index contributed by atoms with van der Waals surface area (Å²) in [7, 11) is 0. The lowest BCUT2D eigenvalue weighted by Crippen LogP contribution is -2.37. The molecule has 1 aliphatic rings. The van der Waals surface area contributed by atoms with Crippen molar-refractivity contribution < 1.29 is 9.53 Å². The van der Waals surface area contributed by atoms with Crippen LogP contribution in [0, 0.1) is 0 Å². The fourth-order valence-corrected chi connectivity index (χ4v) is 2.64. The summed E-state index contributed by atoms with van der Waals surface area (Å²) in [6.07, 6.45) is 2.25. The van der Waals surface area contributed by atoms with E-state index in [1.54, 1.807) is 23.1 Å². The van der Waals surface area contributed by atoms with Crippen molar-refractivity contribution >= 4 is 30.1 Å². The molecule has 1 saturated heterocycles. The van der Waals surface area contributed by atoms with Crippen LogP contribution in [-0.2, 0) is 4.74 Å². The molecule has 0 bridgehead atoms. The Morgan fingerprint density at radius 1 is 1.58 bits per heavy atom. The summed E-state index contributed by atoms with van der Waals surface area (Å²) in [5, 5.41) is 0.466. The van der Waals surface area contributed by atoms with Gasteiger partial charge < -0.3 is 9.64 Å². The summed E-state index contributed by atoms with van der Waals surface area (Å²) in [6.45, 7) is 4.03. The third kappa shape index (κ3) is 3.65. The molecule has 1 aliphatic heterocycles. The number of hydrogen-bond donors (Lipinski definition) is 1. The van der Waals surface area contributed by atoms with Gasteiger partial charge in [0.2, 0.25) is 0 Å². The van der Waals surface area contributed by atoms with E-state index < -0.39 is 0 Å². The van der Waals surface area contributed by atoms with Crippen LogP contribution in [0.3, 0.4) is 0 Å². The Morgan fingerprint density at radius 2 is 2.37 bits per heavy atom. The SMILES string of the molecule is CCN(CC1CCCO1)C(=O)c1cc(S)ccc1Cl. The van der Waals surface area contributed by atoms with Gasteiger partial charge in [-0.2, -0.15) is 0 Å². The maximum atomic E-state index is 12.5. The molecule has 1 amide bonds. The van der Waals surface area contributed by atoms with E-state index in [0.29, 0.717) is 23.7 Å². The van der Waals surface area contributed by atoms with Crippen LogP contribution < -0.4 is 0 Å². The number of benzene rings is 1. The molecule has 0 saturated carbocycles. The Morgan fingerprint density at radius 3 is 3.00 bits per heavy atom. The van der Waals surface area contributed by atoms with Crippen LogP contribution in [0.25, 0.3) is 0 Å². The standard InChI is InChI=1S/C14H18ClNO2S/c1-2-16(9-10-4-3-7-18-10)14(17)12-8-11(19)5-6-13(12)15/h5-6,8,10,19H,2-4,7,9H2,1H3. The highest BCUT2D eigenvalue weighted by molar-refractivity contribution is 7.80. The molecule has 5 heteroatoms. The minimum Gasteiger partial charge on any atom is -0.376 e. The first-order valence-corrected chi connectivity index (χ1v) is 7.33. The largest absolute Gasteiger partial charge is 0.376 e. The lowest BCUT2D eigenvalue weighted by Gasteiger charge is -2.24. The molecule has 1 fully saturated rings. The molecule has 1 aromatic carbocycles. The number of amides is 1. The summed E-state index contributed by atoms with van der Waals surface area (Å²) in [4.78, 5) is 15.0. The third-order valence-corrected chi connectivity index (χ3v) is 3.91. The van der Waals surface area contributed by atoms with Gasteiger partial charge in [0.05, 0.1) is 16.7 Å². The maximum Gasteiger partial charge on any atom is 0.255 e. The third-order valence-electron chi connectivity index (χ3n) is 3.30. The maximum absolute atomic E-state index is 12.5. The van der Waals surface area contributed by atoms with Crippen molar-refractivity contribution in [3.05, 3.63) is 28.8 Å². The number of likely N-dealkylation sites (N-methyl/N-ethyl adjacent to an activating group) is 1. The fraction of sp³-hybridized carbons (Fsp3) is 0.500. The number of ether oxygens (including phenoxy) is 1. The number of rotatable bonds is 4. The van der Waals surface area contributed by atoms with Crippen molar-refractivity contribution in [2.75, 3.05) is 19.7 Å². The first kappa shape index (κ1) is 14.7. The molecule has 1 aromatic rings. The second kappa shape index (κ2) is 6.64. The van der Waals surface area contributed by atoms with Crippen molar-refractivity contribution in [3.8, 4) is 0 Å². The Kier molecular flexibility index (Phi) is 5.13. The van der Waals surface area contributed by atoms with Crippen molar-refractivity contribution in [3.63, 3.8) is 0 Å². The topological polar surface area (TPSA) is 29.5 Å². The number of thiol groups is 1. The molecular formula is C14H18ClNO2S. The highest BCUT2D eigenvalue weighted by atomic mass is 35.5. The first-order valence-electron chi connectivity index (χ1n) is 6.51. The zero-order chi connectivity index (χ0) is 13.8. The minimum absolute atomic E-state index is 0.0566. The van der Waals surface area contributed by atoms with Crippen LogP contribution in [0.2, 0.25) is 5.02 Å². The Balaban J connectivity index is 2.12. The van der Waals surface area contributed by atoms with E-state index in [9.17, 15) is 4.79 Å². The van der Waals surface area contributed by atoms with E-state index in [2.05, 4.69) is 12.6 Å². The first-order chi connectivity index (χ1) is 9.11. The monoisotopic (exact) mass is 299 g/mol. The van der Waals surface area contributed by atoms with Gasteiger partial charge in [0.25, 0.3) is 5.91 Å². The molecular weight excluding hydrogens is 282 g/mol. The molecule has 19 heavy (non-hydrogen) atoms. The van der Waals surface area contributed by atoms with E-state index in [-0.39, 0.29) is 12.0 Å². The lowest BCUT2D eigenvalue weighted by atomic mass is 10.1. The van der Waals surface area contributed by atoms with E-state index in [0.717, 1.165) is 24.3 Å². The summed E-state index contributed by atoms with van der Waals surface area (Å²) in [5.41, 5.74) is 0.508. The predicted molar refractivity (Wildman–Crippen MR) is 79.3 cm³/mol. The Labute approximate surface area is 124 Å². The van der Waals surface area contributed by atoms with E-state index in [1.807, 2.05) is 6.92 Å². The summed E-state index contributed by atoms with van der Waals surface area (Å²) < 4.78 is 5.58. The van der Waals surface area contributed by atoms with Crippen LogP contribution >= 0.6 is 24.2 Å². The Bertz CT molecular complexity index is 461. The minimum atomic E-state index is -0.0566. The molecule has 2 rings (SSSR count). The highest BCUT2D eigenvalue weighted by Crippen LogP contribution is 2.22. The van der Waals surface area contributed by atoms with Gasteiger partial charge >= 0.3 is 0 Å². The van der Waals surface area contributed by atoms with Gasteiger partial charge in [-0.05, 0) is 38.0 Å². The molecule has 0 N–H and O–H groups in total. The van der Waals surface area contributed by atoms with Gasteiger partial charge in [-0.15, -0.1) is 12.6 Å². The number of hydrogen-bond acceptors (Lipinski definition) is 3. The zero-order valence-electron chi connectivity index (χ0n) is 10.9. The molecule has 0 radical (unpaired) electrons. The zero-order valence-corrected chi connectivity index (χ0v) is 12.6. The van der Waals surface area contributed by atoms with E-state index in [4.69, 9.17) is 16.3 Å². The summed E-state index contributed by atoms with van der Waals surface area (Å²) >= 11 is 10.4. The van der Waals surface area contributed by atoms with Gasteiger partial charge in [0.1, 0.15) is 0 Å². The molecule has 0 spiro atoms. The average Bonchev–Trinajstić information content (AvgIpc) is 2.91. The average molecular weight is 300 g/mol. The summed E-state index contributed by atoms with van der Waals surface area (Å²) in [6, 6.07) is 5.20. The highest BCUT2D eigenvalue weighted by Gasteiger charge is 2.23. The van der Waals surface area contributed by atoms with Crippen LogP contribution in [0.1, 0.15) is 30.1 Å². The molecule has 1 atom stereocenters. The molecule has 104 valence electrons. The Hall–Kier alpha value is -0.710. The van der Waals surface area contributed by atoms with E-state index >= 15 is 0 Å². The van der Waals surface area contributed by atoms with Crippen molar-refractivity contribution in [2.45, 2.75) is 30.8 Å². The number of halogens is 1. The van der Waals surface area contributed by atoms with Crippen LogP contribution in [0.4, 0.5) is 0 Å². The smallest absolute Gasteiger partial charge is 0.255 e. The van der Waals surface area contributed by atoms with Gasteiger partial charge in [-0.25, -0.2) is 0 Å². The molecule has 1 unspecified atom stereocenters. The second-order valence-corrected chi connectivity index (χ2v) is 5.57. The fourth-order valence-electron chi connectivity index (χ4n) is 2.24. The van der Waals surface area contributed by atoms with Crippen LogP contribution in [0.15, 0.2) is 23.1 Å². The molecule has 0 aromatic heterocycles. The van der Waals surface area contributed by atoms with Gasteiger partial charge in [-0.3, -0.25) is 4.79 Å². The molecule has 1 heterocycles. The quantitative estimate of drug-likeness (QED) is 0.865. The van der Waals surface area contributed by atoms with Gasteiger partial charge in [0, 0.05) is 24.6 Å². The van der Waals surface area contributed by atoms with Crippen LogP contribution in [-0.4, -0.2) is 36.6 Å². The second-order valence-electron chi connectivity index (χ2n) is 4.64. The lowest BCUT2D eigenvalue weighted by molar-refractivity contribution is 0.0539. The summed E-state index contributed by atoms with van der Waals surface area (Å²) in [5.74, 6) is -0.0566. The number of carbonyl (C=O) groups excluding carboxylic acids is 1. The van der Waals surface area contributed by atoms with Crippen LogP contribution in [0.5, 0.6) is 0 Å². The van der Waals surface area contributed by atoms with Crippen molar-refractivity contribution in [2.24, 2.45) is 0 Å². The normalized spacial score (nSPS) is 18.6. The number of nitrogens with zero attached hydrogens (tertiary/aromatic N) is 1. The van der Waals surface area contributed by atoms with Crippen molar-refractivity contribution in [1.29, 1.82) is 0 Å². The predicted octanol–water partition coefficient (Wildman–Crippen LogP) is 3.27. The number of carbonyl (C=O) groups is 1. The van der Waals surface area contributed by atoms with Gasteiger partial charge in [0.15, 0.2) is 0 Å². The molecule has 3 nitrogen and oxygen atoms in total. The van der Waals surface area contributed by atoms with Gasteiger partial charge in [-0.1, -0.05) is 11.6 Å². The van der Waals surface area contributed by atoms with Crippen molar-refractivity contribution in [1.82, 2.24) is 4.90 Å².